The third kappa shape index (κ3) is 1.45. The number of halogens is 1. The Morgan fingerprint density at radius 3 is 2.56 bits per heavy atom. The molecular formula is C6H9BrO2. The molecule has 0 atom stereocenters. The molecule has 1 aliphatic rings. The van der Waals surface area contributed by atoms with Gasteiger partial charge >= 0.3 is 5.97 Å². The smallest absolute Gasteiger partial charge is 0.308 e. The first-order chi connectivity index (χ1) is 4.24. The van der Waals surface area contributed by atoms with Crippen molar-refractivity contribution < 1.29 is 9.53 Å². The van der Waals surface area contributed by atoms with Crippen LogP contribution in [-0.4, -0.2) is 17.9 Å². The zero-order valence-electron chi connectivity index (χ0n) is 5.26. The molecule has 0 bridgehead atoms. The number of alkyl halides is 1. The van der Waals surface area contributed by atoms with Crippen molar-refractivity contribution in [3.05, 3.63) is 0 Å². The average Bonchev–Trinajstić information content (AvgIpc) is 1.79. The van der Waals surface area contributed by atoms with Gasteiger partial charge < -0.3 is 4.74 Å². The Bertz CT molecular complexity index is 118. The Hall–Kier alpha value is -0.0500. The van der Waals surface area contributed by atoms with E-state index in [4.69, 9.17) is 0 Å². The summed E-state index contributed by atoms with van der Waals surface area (Å²) in [7, 11) is 1.43. The van der Waals surface area contributed by atoms with Crippen molar-refractivity contribution in [2.75, 3.05) is 7.11 Å². The summed E-state index contributed by atoms with van der Waals surface area (Å²) in [6.45, 7) is 0. The summed E-state index contributed by atoms with van der Waals surface area (Å²) in [6, 6.07) is 0. The average molecular weight is 193 g/mol. The van der Waals surface area contributed by atoms with E-state index in [-0.39, 0.29) is 11.9 Å². The second kappa shape index (κ2) is 2.69. The summed E-state index contributed by atoms with van der Waals surface area (Å²) in [5.74, 6) is 0.102. The lowest BCUT2D eigenvalue weighted by Crippen LogP contribution is -2.31. The molecule has 0 aliphatic heterocycles. The largest absolute Gasteiger partial charge is 0.469 e. The quantitative estimate of drug-likeness (QED) is 0.463. The van der Waals surface area contributed by atoms with Gasteiger partial charge in [-0.05, 0) is 12.8 Å². The third-order valence-electron chi connectivity index (χ3n) is 1.62. The second-order valence-electron chi connectivity index (χ2n) is 2.29. The van der Waals surface area contributed by atoms with Crippen LogP contribution < -0.4 is 0 Å². The molecule has 1 saturated carbocycles. The summed E-state index contributed by atoms with van der Waals surface area (Å²) in [6.07, 6.45) is 1.87. The van der Waals surface area contributed by atoms with E-state index in [1.807, 2.05) is 0 Å². The number of methoxy groups -OCH3 is 1. The molecule has 52 valence electrons. The number of carbonyl (C=O) groups is 1. The van der Waals surface area contributed by atoms with Gasteiger partial charge in [0.05, 0.1) is 13.0 Å². The number of ether oxygens (including phenoxy) is 1. The fourth-order valence-corrected chi connectivity index (χ4v) is 1.81. The number of rotatable bonds is 1. The zero-order valence-corrected chi connectivity index (χ0v) is 6.85. The molecule has 0 aromatic rings. The van der Waals surface area contributed by atoms with Gasteiger partial charge in [-0.3, -0.25) is 4.79 Å². The molecule has 0 saturated heterocycles. The van der Waals surface area contributed by atoms with E-state index in [9.17, 15) is 4.79 Å². The highest BCUT2D eigenvalue weighted by Crippen LogP contribution is 2.33. The summed E-state index contributed by atoms with van der Waals surface area (Å²) >= 11 is 3.39. The fraction of sp³-hybridized carbons (Fsp3) is 0.833. The molecule has 1 fully saturated rings. The monoisotopic (exact) mass is 192 g/mol. The number of hydrogen-bond donors (Lipinski definition) is 0. The Morgan fingerprint density at radius 1 is 1.67 bits per heavy atom. The van der Waals surface area contributed by atoms with E-state index in [1.165, 1.54) is 7.11 Å². The van der Waals surface area contributed by atoms with Crippen molar-refractivity contribution in [3.8, 4) is 0 Å². The molecule has 0 aromatic heterocycles. The van der Waals surface area contributed by atoms with Crippen LogP contribution in [0.15, 0.2) is 0 Å². The van der Waals surface area contributed by atoms with Gasteiger partial charge in [-0.25, -0.2) is 0 Å². The topological polar surface area (TPSA) is 26.3 Å². The summed E-state index contributed by atoms with van der Waals surface area (Å²) in [5, 5.41) is 0. The van der Waals surface area contributed by atoms with Crippen LogP contribution in [-0.2, 0) is 9.53 Å². The first kappa shape index (κ1) is 7.06. The predicted molar refractivity (Wildman–Crippen MR) is 37.5 cm³/mol. The molecule has 0 amide bonds. The Kier molecular flexibility index (Phi) is 2.11. The molecular weight excluding hydrogens is 184 g/mol. The Balaban J connectivity index is 2.23. The van der Waals surface area contributed by atoms with Crippen LogP contribution in [0.25, 0.3) is 0 Å². The van der Waals surface area contributed by atoms with Crippen molar-refractivity contribution >= 4 is 21.9 Å². The number of esters is 1. The lowest BCUT2D eigenvalue weighted by atomic mass is 9.85. The second-order valence-corrected chi connectivity index (χ2v) is 3.58. The molecule has 3 heteroatoms. The summed E-state index contributed by atoms with van der Waals surface area (Å²) < 4.78 is 4.54. The highest BCUT2D eigenvalue weighted by atomic mass is 79.9. The summed E-state index contributed by atoms with van der Waals surface area (Å²) in [5.41, 5.74) is 0. The molecule has 0 spiro atoms. The van der Waals surface area contributed by atoms with Crippen LogP contribution >= 0.6 is 15.9 Å². The molecule has 0 aromatic carbocycles. The van der Waals surface area contributed by atoms with Gasteiger partial charge in [-0.15, -0.1) is 0 Å². The summed E-state index contributed by atoms with van der Waals surface area (Å²) in [4.78, 5) is 11.2. The van der Waals surface area contributed by atoms with E-state index >= 15 is 0 Å². The fourth-order valence-electron chi connectivity index (χ4n) is 0.908. The molecule has 0 unspecified atom stereocenters. The maximum absolute atomic E-state index is 10.7. The van der Waals surface area contributed by atoms with Crippen LogP contribution in [0, 0.1) is 5.92 Å². The molecule has 2 nitrogen and oxygen atoms in total. The van der Waals surface area contributed by atoms with E-state index < -0.39 is 0 Å². The highest BCUT2D eigenvalue weighted by Gasteiger charge is 2.33. The van der Waals surface area contributed by atoms with Crippen LogP contribution in [0.3, 0.4) is 0 Å². The van der Waals surface area contributed by atoms with Gasteiger partial charge in [0.2, 0.25) is 0 Å². The third-order valence-corrected chi connectivity index (χ3v) is 2.36. The van der Waals surface area contributed by atoms with Gasteiger partial charge in [-0.1, -0.05) is 15.9 Å². The van der Waals surface area contributed by atoms with Gasteiger partial charge in [-0.2, -0.15) is 0 Å². The first-order valence-electron chi connectivity index (χ1n) is 2.96. The van der Waals surface area contributed by atoms with E-state index in [0.29, 0.717) is 4.83 Å². The maximum Gasteiger partial charge on any atom is 0.308 e. The normalized spacial score (nSPS) is 33.1. The van der Waals surface area contributed by atoms with Gasteiger partial charge in [0.25, 0.3) is 0 Å². The lowest BCUT2D eigenvalue weighted by Gasteiger charge is -2.28. The van der Waals surface area contributed by atoms with Crippen LogP contribution in [0.5, 0.6) is 0 Å². The molecule has 9 heavy (non-hydrogen) atoms. The standard InChI is InChI=1S/C6H9BrO2/c1-9-6(8)4-2-5(7)3-4/h4-5H,2-3H2,1H3. The predicted octanol–water partition coefficient (Wildman–Crippen LogP) is 1.33. The maximum atomic E-state index is 10.7. The molecule has 0 radical (unpaired) electrons. The number of hydrogen-bond acceptors (Lipinski definition) is 2. The molecule has 1 aliphatic carbocycles. The van der Waals surface area contributed by atoms with E-state index in [0.717, 1.165) is 12.8 Å². The van der Waals surface area contributed by atoms with Crippen molar-refractivity contribution in [1.29, 1.82) is 0 Å². The van der Waals surface area contributed by atoms with Crippen molar-refractivity contribution in [1.82, 2.24) is 0 Å². The van der Waals surface area contributed by atoms with Crippen molar-refractivity contribution in [2.24, 2.45) is 5.92 Å². The van der Waals surface area contributed by atoms with Crippen LogP contribution in [0.4, 0.5) is 0 Å². The molecule has 0 N–H and O–H groups in total. The Morgan fingerprint density at radius 2 is 2.22 bits per heavy atom. The van der Waals surface area contributed by atoms with E-state index in [1.54, 1.807) is 0 Å². The van der Waals surface area contributed by atoms with E-state index in [2.05, 4.69) is 20.7 Å². The van der Waals surface area contributed by atoms with Crippen molar-refractivity contribution in [3.63, 3.8) is 0 Å². The van der Waals surface area contributed by atoms with Crippen molar-refractivity contribution in [2.45, 2.75) is 17.7 Å². The number of carbonyl (C=O) groups excluding carboxylic acids is 1. The lowest BCUT2D eigenvalue weighted by molar-refractivity contribution is -0.147. The van der Waals surface area contributed by atoms with Crippen LogP contribution in [0.2, 0.25) is 0 Å². The van der Waals surface area contributed by atoms with Gasteiger partial charge in [0, 0.05) is 4.83 Å². The van der Waals surface area contributed by atoms with Gasteiger partial charge in [0.1, 0.15) is 0 Å². The molecule has 0 heterocycles. The minimum absolute atomic E-state index is 0.0642. The minimum atomic E-state index is -0.0642. The molecule has 1 rings (SSSR count). The Labute approximate surface area is 62.7 Å². The zero-order chi connectivity index (χ0) is 6.85. The SMILES string of the molecule is COC(=O)C1CC(Br)C1. The van der Waals surface area contributed by atoms with Crippen LogP contribution in [0.1, 0.15) is 12.8 Å². The first-order valence-corrected chi connectivity index (χ1v) is 3.87. The highest BCUT2D eigenvalue weighted by molar-refractivity contribution is 9.09. The van der Waals surface area contributed by atoms with Gasteiger partial charge in [0.15, 0.2) is 0 Å². The minimum Gasteiger partial charge on any atom is -0.469 e.